The molecule has 0 saturated heterocycles. The lowest BCUT2D eigenvalue weighted by Gasteiger charge is -2.21. The van der Waals surface area contributed by atoms with Crippen LogP contribution >= 0.6 is 27.5 Å². The third kappa shape index (κ3) is 3.25. The van der Waals surface area contributed by atoms with Gasteiger partial charge in [0.05, 0.1) is 16.8 Å². The summed E-state index contributed by atoms with van der Waals surface area (Å²) in [4.78, 5) is 0. The number of hydrogen-bond donors (Lipinski definition) is 1. The molecule has 0 aliphatic carbocycles. The lowest BCUT2D eigenvalue weighted by Crippen LogP contribution is -2.26. The van der Waals surface area contributed by atoms with E-state index in [-0.39, 0.29) is 6.04 Å². The van der Waals surface area contributed by atoms with Gasteiger partial charge >= 0.3 is 0 Å². The summed E-state index contributed by atoms with van der Waals surface area (Å²) in [6, 6.07) is 8.14. The topological polar surface area (TPSA) is 29.9 Å². The second-order valence-corrected chi connectivity index (χ2v) is 5.83. The molecule has 1 aromatic carbocycles. The minimum Gasteiger partial charge on any atom is -0.305 e. The number of halogens is 2. The van der Waals surface area contributed by atoms with Gasteiger partial charge in [-0.3, -0.25) is 4.68 Å². The van der Waals surface area contributed by atoms with Crippen LogP contribution in [0.25, 0.3) is 0 Å². The Morgan fingerprint density at radius 3 is 2.85 bits per heavy atom. The minimum absolute atomic E-state index is 0.0578. The first-order valence-corrected chi connectivity index (χ1v) is 8.05. The van der Waals surface area contributed by atoms with E-state index in [2.05, 4.69) is 46.3 Å². The third-order valence-electron chi connectivity index (χ3n) is 3.24. The number of nitrogens with one attached hydrogen (secondary N) is 1. The van der Waals surface area contributed by atoms with Crippen molar-refractivity contribution in [1.82, 2.24) is 15.1 Å². The molecular weight excluding hydrogens is 338 g/mol. The van der Waals surface area contributed by atoms with Gasteiger partial charge in [0.25, 0.3) is 0 Å². The summed E-state index contributed by atoms with van der Waals surface area (Å²) in [7, 11) is 0. The number of hydrogen-bond acceptors (Lipinski definition) is 2. The van der Waals surface area contributed by atoms with Crippen LogP contribution in [-0.4, -0.2) is 16.3 Å². The van der Waals surface area contributed by atoms with Crippen LogP contribution in [0.4, 0.5) is 0 Å². The molecular formula is C15H19BrClN3. The molecule has 1 N–H and O–H groups in total. The molecule has 0 radical (unpaired) electrons. The summed E-state index contributed by atoms with van der Waals surface area (Å²) < 4.78 is 2.92. The van der Waals surface area contributed by atoms with E-state index in [1.54, 1.807) is 0 Å². The summed E-state index contributed by atoms with van der Waals surface area (Å²) in [6.45, 7) is 6.03. The van der Waals surface area contributed by atoms with Crippen LogP contribution in [-0.2, 0) is 6.54 Å². The predicted octanol–water partition coefficient (Wildman–Crippen LogP) is 4.41. The van der Waals surface area contributed by atoms with Crippen molar-refractivity contribution in [2.75, 3.05) is 6.54 Å². The molecule has 2 aromatic rings. The van der Waals surface area contributed by atoms with Crippen molar-refractivity contribution in [2.24, 2.45) is 0 Å². The molecule has 0 bridgehead atoms. The van der Waals surface area contributed by atoms with Crippen molar-refractivity contribution in [3.8, 4) is 0 Å². The fourth-order valence-electron chi connectivity index (χ4n) is 2.26. The van der Waals surface area contributed by atoms with E-state index in [1.165, 1.54) is 0 Å². The van der Waals surface area contributed by atoms with Crippen molar-refractivity contribution < 1.29 is 0 Å². The normalized spacial score (nSPS) is 12.6. The van der Waals surface area contributed by atoms with E-state index in [4.69, 9.17) is 11.6 Å². The maximum absolute atomic E-state index is 6.46. The molecule has 20 heavy (non-hydrogen) atoms. The van der Waals surface area contributed by atoms with Gasteiger partial charge in [0.2, 0.25) is 0 Å². The standard InChI is InChI=1S/C15H19BrClN3/c1-3-9-18-15(13-8-10-19-20(13)4-2)11-6-5-7-12(16)14(11)17/h5-8,10,15,18H,3-4,9H2,1-2H3. The summed E-state index contributed by atoms with van der Waals surface area (Å²) in [6.07, 6.45) is 2.91. The van der Waals surface area contributed by atoms with Crippen LogP contribution in [0.3, 0.4) is 0 Å². The van der Waals surface area contributed by atoms with Crippen LogP contribution in [0.5, 0.6) is 0 Å². The van der Waals surface area contributed by atoms with Gasteiger partial charge in [-0.1, -0.05) is 30.7 Å². The number of nitrogens with zero attached hydrogens (tertiary/aromatic N) is 2. The molecule has 0 aliphatic rings. The molecule has 0 spiro atoms. The molecule has 3 nitrogen and oxygen atoms in total. The smallest absolute Gasteiger partial charge is 0.0763 e. The van der Waals surface area contributed by atoms with Gasteiger partial charge in [0.15, 0.2) is 0 Å². The molecule has 1 atom stereocenters. The Balaban J connectivity index is 2.44. The highest BCUT2D eigenvalue weighted by Crippen LogP contribution is 2.33. The number of rotatable bonds is 6. The van der Waals surface area contributed by atoms with Crippen molar-refractivity contribution in [1.29, 1.82) is 0 Å². The highest BCUT2D eigenvalue weighted by Gasteiger charge is 2.20. The van der Waals surface area contributed by atoms with E-state index in [1.807, 2.05) is 29.1 Å². The van der Waals surface area contributed by atoms with Crippen molar-refractivity contribution in [3.63, 3.8) is 0 Å². The second-order valence-electron chi connectivity index (χ2n) is 4.60. The maximum atomic E-state index is 6.46. The van der Waals surface area contributed by atoms with Gasteiger partial charge in [-0.05, 0) is 53.5 Å². The molecule has 0 fully saturated rings. The van der Waals surface area contributed by atoms with E-state index in [9.17, 15) is 0 Å². The second kappa shape index (κ2) is 7.25. The first-order valence-electron chi connectivity index (χ1n) is 6.88. The van der Waals surface area contributed by atoms with Gasteiger partial charge in [0.1, 0.15) is 0 Å². The first kappa shape index (κ1) is 15.5. The van der Waals surface area contributed by atoms with E-state index in [0.29, 0.717) is 0 Å². The quantitative estimate of drug-likeness (QED) is 0.831. The zero-order chi connectivity index (χ0) is 14.5. The van der Waals surface area contributed by atoms with E-state index >= 15 is 0 Å². The highest BCUT2D eigenvalue weighted by molar-refractivity contribution is 9.10. The Morgan fingerprint density at radius 1 is 1.35 bits per heavy atom. The molecule has 1 unspecified atom stereocenters. The van der Waals surface area contributed by atoms with Crippen molar-refractivity contribution in [3.05, 3.63) is 51.2 Å². The zero-order valence-electron chi connectivity index (χ0n) is 11.7. The van der Waals surface area contributed by atoms with E-state index < -0.39 is 0 Å². The average molecular weight is 357 g/mol. The third-order valence-corrected chi connectivity index (χ3v) is 4.55. The molecule has 2 rings (SSSR count). The molecule has 0 aliphatic heterocycles. The number of aryl methyl sites for hydroxylation is 1. The minimum atomic E-state index is 0.0578. The van der Waals surface area contributed by atoms with Crippen molar-refractivity contribution in [2.45, 2.75) is 32.9 Å². The fourth-order valence-corrected chi connectivity index (χ4v) is 2.87. The largest absolute Gasteiger partial charge is 0.305 e. The lowest BCUT2D eigenvalue weighted by atomic mass is 10.0. The van der Waals surface area contributed by atoms with Gasteiger partial charge in [0, 0.05) is 17.2 Å². The van der Waals surface area contributed by atoms with Crippen LogP contribution in [0, 0.1) is 0 Å². The summed E-state index contributed by atoms with van der Waals surface area (Å²) >= 11 is 9.96. The molecule has 0 saturated carbocycles. The Bertz CT molecular complexity index is 568. The Kier molecular flexibility index (Phi) is 5.64. The SMILES string of the molecule is CCCNC(c1cccc(Br)c1Cl)c1ccnn1CC. The van der Waals surface area contributed by atoms with E-state index in [0.717, 1.165) is 40.3 Å². The van der Waals surface area contributed by atoms with Gasteiger partial charge in [-0.2, -0.15) is 5.10 Å². The Hall–Kier alpha value is -0.840. The average Bonchev–Trinajstić information content (AvgIpc) is 2.92. The summed E-state index contributed by atoms with van der Waals surface area (Å²) in [5, 5.41) is 8.68. The van der Waals surface area contributed by atoms with Crippen LogP contribution < -0.4 is 5.32 Å². The fraction of sp³-hybridized carbons (Fsp3) is 0.400. The number of aromatic nitrogens is 2. The highest BCUT2D eigenvalue weighted by atomic mass is 79.9. The van der Waals surface area contributed by atoms with Gasteiger partial charge in [-0.15, -0.1) is 0 Å². The molecule has 1 heterocycles. The Labute approximate surface area is 133 Å². The summed E-state index contributed by atoms with van der Waals surface area (Å²) in [5.74, 6) is 0. The molecule has 0 amide bonds. The maximum Gasteiger partial charge on any atom is 0.0763 e. The molecule has 1 aromatic heterocycles. The predicted molar refractivity (Wildman–Crippen MR) is 87.2 cm³/mol. The van der Waals surface area contributed by atoms with Crippen molar-refractivity contribution >= 4 is 27.5 Å². The number of benzene rings is 1. The zero-order valence-corrected chi connectivity index (χ0v) is 14.1. The van der Waals surface area contributed by atoms with Crippen LogP contribution in [0.15, 0.2) is 34.9 Å². The van der Waals surface area contributed by atoms with Gasteiger partial charge in [-0.25, -0.2) is 0 Å². The molecule has 108 valence electrons. The monoisotopic (exact) mass is 355 g/mol. The first-order chi connectivity index (χ1) is 9.69. The summed E-state index contributed by atoms with van der Waals surface area (Å²) in [5.41, 5.74) is 2.21. The van der Waals surface area contributed by atoms with Crippen LogP contribution in [0.2, 0.25) is 5.02 Å². The molecule has 5 heteroatoms. The Morgan fingerprint density at radius 2 is 2.15 bits per heavy atom. The van der Waals surface area contributed by atoms with Gasteiger partial charge < -0.3 is 5.32 Å². The lowest BCUT2D eigenvalue weighted by molar-refractivity contribution is 0.530. The van der Waals surface area contributed by atoms with Crippen LogP contribution in [0.1, 0.15) is 37.6 Å².